The van der Waals surface area contributed by atoms with Crippen molar-refractivity contribution in [2.75, 3.05) is 37.0 Å². The lowest BCUT2D eigenvalue weighted by molar-refractivity contribution is -0.141. The first-order valence-electron chi connectivity index (χ1n) is 11.9. The largest absolute Gasteiger partial charge is 0.394 e. The first-order valence-corrected chi connectivity index (χ1v) is 13.7. The van der Waals surface area contributed by atoms with Crippen LogP contribution in [0.2, 0.25) is 0 Å². The van der Waals surface area contributed by atoms with Crippen LogP contribution >= 0.6 is 27.7 Å². The molecule has 3 aliphatic heterocycles. The Hall–Kier alpha value is -1.78. The van der Waals surface area contributed by atoms with E-state index < -0.39 is 28.7 Å². The molecular formula is C24H33BrN4O4S. The fourth-order valence-corrected chi connectivity index (χ4v) is 9.55. The third kappa shape index (κ3) is 3.82. The van der Waals surface area contributed by atoms with Crippen LogP contribution in [0.1, 0.15) is 27.2 Å². The van der Waals surface area contributed by atoms with Crippen LogP contribution in [0.5, 0.6) is 0 Å². The molecule has 3 saturated heterocycles. The molecule has 1 spiro atoms. The van der Waals surface area contributed by atoms with Gasteiger partial charge in [-0.15, -0.1) is 11.8 Å². The summed E-state index contributed by atoms with van der Waals surface area (Å²) in [5.74, 6) is -1.78. The average molecular weight is 554 g/mol. The van der Waals surface area contributed by atoms with Gasteiger partial charge in [0.05, 0.1) is 29.2 Å². The Kier molecular flexibility index (Phi) is 7.22. The highest BCUT2D eigenvalue weighted by Crippen LogP contribution is 2.67. The third-order valence-corrected chi connectivity index (χ3v) is 10.7. The van der Waals surface area contributed by atoms with Gasteiger partial charge in [0, 0.05) is 41.6 Å². The molecule has 2 bridgehead atoms. The van der Waals surface area contributed by atoms with Crippen molar-refractivity contribution in [1.29, 1.82) is 0 Å². The van der Waals surface area contributed by atoms with E-state index in [1.165, 1.54) is 4.90 Å². The molecule has 0 aliphatic carbocycles. The number of fused-ring (bicyclic) bond motifs is 1. The van der Waals surface area contributed by atoms with Gasteiger partial charge < -0.3 is 25.5 Å². The topological polar surface area (TPSA) is 102 Å². The summed E-state index contributed by atoms with van der Waals surface area (Å²) in [5.41, 5.74) is 1.73. The lowest BCUT2D eigenvalue weighted by atomic mass is 9.70. The fourth-order valence-electron chi connectivity index (χ4n) is 5.95. The summed E-state index contributed by atoms with van der Waals surface area (Å²) >= 11 is 5.31. The zero-order chi connectivity index (χ0) is 24.8. The highest BCUT2D eigenvalue weighted by atomic mass is 79.9. The minimum Gasteiger partial charge on any atom is -0.394 e. The van der Waals surface area contributed by atoms with Crippen molar-refractivity contribution in [3.05, 3.63) is 24.3 Å². The maximum absolute atomic E-state index is 13.8. The molecule has 10 heteroatoms. The second kappa shape index (κ2) is 9.70. The molecule has 0 radical (unpaired) electrons. The number of likely N-dealkylation sites (tertiary alicyclic amines) is 1. The Balaban J connectivity index is 1.67. The number of thioether (sulfide) groups is 1. The van der Waals surface area contributed by atoms with E-state index in [9.17, 15) is 19.5 Å². The number of rotatable bonds is 8. The first kappa shape index (κ1) is 25.3. The van der Waals surface area contributed by atoms with Gasteiger partial charge in [-0.1, -0.05) is 15.9 Å². The zero-order valence-corrected chi connectivity index (χ0v) is 22.4. The predicted molar refractivity (Wildman–Crippen MR) is 138 cm³/mol. The molecule has 186 valence electrons. The number of hydrogen-bond donors (Lipinski definition) is 3. The maximum Gasteiger partial charge on any atom is 0.248 e. The molecule has 3 N–H and O–H groups in total. The molecule has 3 unspecified atom stereocenters. The Morgan fingerprint density at radius 1 is 1.26 bits per heavy atom. The normalized spacial score (nSPS) is 32.5. The van der Waals surface area contributed by atoms with E-state index in [0.717, 1.165) is 18.8 Å². The minimum absolute atomic E-state index is 0.0249. The van der Waals surface area contributed by atoms with Gasteiger partial charge in [0.2, 0.25) is 17.7 Å². The molecule has 1 aromatic carbocycles. The Morgan fingerprint density at radius 3 is 2.47 bits per heavy atom. The SMILES string of the molecule is CCN(CC)c1ccc(NC(=O)C2N([C@H](C)CO)C(=O)[C@@H]3[C@H](C(=O)NC)[C@H]4SC23CC4Br)cc1. The zero-order valence-electron chi connectivity index (χ0n) is 20.0. The minimum atomic E-state index is -0.778. The van der Waals surface area contributed by atoms with E-state index in [4.69, 9.17) is 0 Å². The number of nitrogens with one attached hydrogen (secondary N) is 2. The lowest BCUT2D eigenvalue weighted by Crippen LogP contribution is -2.54. The van der Waals surface area contributed by atoms with Crippen molar-refractivity contribution < 1.29 is 19.5 Å². The summed E-state index contributed by atoms with van der Waals surface area (Å²) in [5, 5.41) is 15.6. The number of carbonyl (C=O) groups is 3. The summed E-state index contributed by atoms with van der Waals surface area (Å²) in [6.07, 6.45) is 0.611. The van der Waals surface area contributed by atoms with E-state index in [1.54, 1.807) is 25.7 Å². The Labute approximate surface area is 213 Å². The molecule has 0 saturated carbocycles. The highest BCUT2D eigenvalue weighted by molar-refractivity contribution is 9.09. The summed E-state index contributed by atoms with van der Waals surface area (Å²) in [6.45, 7) is 7.46. The fraction of sp³-hybridized carbons (Fsp3) is 0.625. The number of nitrogens with zero attached hydrogens (tertiary/aromatic N) is 2. The lowest BCUT2D eigenvalue weighted by Gasteiger charge is -2.36. The number of aliphatic hydroxyl groups is 1. The van der Waals surface area contributed by atoms with Crippen LogP contribution in [0.15, 0.2) is 24.3 Å². The first-order chi connectivity index (χ1) is 16.2. The second-order valence-electron chi connectivity index (χ2n) is 9.26. The van der Waals surface area contributed by atoms with Gasteiger partial charge in [-0.2, -0.15) is 0 Å². The number of alkyl halides is 1. The molecule has 3 amide bonds. The number of amides is 3. The van der Waals surface area contributed by atoms with Gasteiger partial charge in [-0.3, -0.25) is 14.4 Å². The van der Waals surface area contributed by atoms with Gasteiger partial charge in [0.25, 0.3) is 0 Å². The molecule has 3 fully saturated rings. The standard InChI is InChI=1S/C24H33BrN4O4S/c1-5-28(6-2)15-9-7-14(8-10-15)27-22(32)20-24-11-16(25)19(34-24)17(21(31)26-4)18(24)23(33)29(20)13(3)12-30/h7-10,13,16-20,30H,5-6,11-12H2,1-4H3,(H,26,31)(H,27,32)/t13-,16?,17+,18+,19+,20?,24?/m1/s1. The van der Waals surface area contributed by atoms with Crippen LogP contribution in [0, 0.1) is 11.8 Å². The van der Waals surface area contributed by atoms with E-state index >= 15 is 0 Å². The van der Waals surface area contributed by atoms with Gasteiger partial charge in [0.15, 0.2) is 0 Å². The monoisotopic (exact) mass is 552 g/mol. The molecule has 7 atom stereocenters. The maximum atomic E-state index is 13.8. The quantitative estimate of drug-likeness (QED) is 0.426. The summed E-state index contributed by atoms with van der Waals surface area (Å²) in [7, 11) is 1.58. The van der Waals surface area contributed by atoms with Crippen molar-refractivity contribution >= 4 is 56.8 Å². The van der Waals surface area contributed by atoms with E-state index in [0.29, 0.717) is 12.1 Å². The average Bonchev–Trinajstić information content (AvgIpc) is 3.43. The molecular weight excluding hydrogens is 520 g/mol. The second-order valence-corrected chi connectivity index (χ2v) is 12.0. The molecule has 0 aromatic heterocycles. The summed E-state index contributed by atoms with van der Waals surface area (Å²) < 4.78 is -0.720. The number of carbonyl (C=O) groups excluding carboxylic acids is 3. The van der Waals surface area contributed by atoms with Crippen LogP contribution in [-0.2, 0) is 14.4 Å². The van der Waals surface area contributed by atoms with Crippen molar-refractivity contribution in [3.8, 4) is 0 Å². The van der Waals surface area contributed by atoms with Crippen LogP contribution in [0.4, 0.5) is 11.4 Å². The van der Waals surface area contributed by atoms with Crippen LogP contribution in [-0.4, -0.2) is 81.4 Å². The molecule has 8 nitrogen and oxygen atoms in total. The third-order valence-electron chi connectivity index (χ3n) is 7.53. The molecule has 3 heterocycles. The van der Waals surface area contributed by atoms with Gasteiger partial charge in [-0.25, -0.2) is 0 Å². The van der Waals surface area contributed by atoms with Crippen LogP contribution in [0.3, 0.4) is 0 Å². The van der Waals surface area contributed by atoms with Crippen molar-refractivity contribution in [2.45, 2.75) is 54.1 Å². The Morgan fingerprint density at radius 2 is 1.91 bits per heavy atom. The number of halogens is 1. The molecule has 34 heavy (non-hydrogen) atoms. The van der Waals surface area contributed by atoms with Crippen molar-refractivity contribution in [3.63, 3.8) is 0 Å². The van der Waals surface area contributed by atoms with Gasteiger partial charge in [0.1, 0.15) is 6.04 Å². The number of benzene rings is 1. The molecule has 1 aromatic rings. The van der Waals surface area contributed by atoms with Crippen molar-refractivity contribution in [2.24, 2.45) is 11.8 Å². The van der Waals surface area contributed by atoms with Crippen LogP contribution < -0.4 is 15.5 Å². The Bertz CT molecular complexity index is 959. The highest BCUT2D eigenvalue weighted by Gasteiger charge is 2.75. The number of aliphatic hydroxyl groups excluding tert-OH is 1. The number of hydrogen-bond acceptors (Lipinski definition) is 6. The molecule has 4 rings (SSSR count). The van der Waals surface area contributed by atoms with Crippen molar-refractivity contribution in [1.82, 2.24) is 10.2 Å². The predicted octanol–water partition coefficient (Wildman–Crippen LogP) is 2.06. The van der Waals surface area contributed by atoms with Crippen LogP contribution in [0.25, 0.3) is 0 Å². The van der Waals surface area contributed by atoms with Gasteiger partial charge >= 0.3 is 0 Å². The van der Waals surface area contributed by atoms with E-state index in [-0.39, 0.29) is 34.4 Å². The van der Waals surface area contributed by atoms with E-state index in [2.05, 4.69) is 45.3 Å². The van der Waals surface area contributed by atoms with Gasteiger partial charge in [-0.05, 0) is 51.5 Å². The number of anilines is 2. The van der Waals surface area contributed by atoms with E-state index in [1.807, 2.05) is 24.3 Å². The summed E-state index contributed by atoms with van der Waals surface area (Å²) in [4.78, 5) is 44.0. The summed E-state index contributed by atoms with van der Waals surface area (Å²) in [6, 6.07) is 6.38. The smallest absolute Gasteiger partial charge is 0.248 e. The molecule has 3 aliphatic rings.